The number of phenols is 1. The summed E-state index contributed by atoms with van der Waals surface area (Å²) < 4.78 is 0. The van der Waals surface area contributed by atoms with E-state index in [-0.39, 0.29) is 0 Å². The van der Waals surface area contributed by atoms with Gasteiger partial charge in [0.15, 0.2) is 0 Å². The van der Waals surface area contributed by atoms with Crippen molar-refractivity contribution in [2.75, 3.05) is 6.54 Å². The molecular formula is C19H20N2O. The lowest BCUT2D eigenvalue weighted by Gasteiger charge is -2.24. The first-order valence-electron chi connectivity index (χ1n) is 7.92. The first-order valence-corrected chi connectivity index (χ1v) is 7.92. The van der Waals surface area contributed by atoms with Crippen LogP contribution in [0.2, 0.25) is 0 Å². The lowest BCUT2D eigenvalue weighted by atomic mass is 9.95. The Morgan fingerprint density at radius 2 is 1.95 bits per heavy atom. The van der Waals surface area contributed by atoms with Crippen LogP contribution in [0.3, 0.4) is 0 Å². The third-order valence-electron chi connectivity index (χ3n) is 4.60. The van der Waals surface area contributed by atoms with Gasteiger partial charge in [0, 0.05) is 22.6 Å². The minimum atomic E-state index is 0.341. The van der Waals surface area contributed by atoms with Crippen LogP contribution < -0.4 is 5.32 Å². The van der Waals surface area contributed by atoms with Crippen molar-refractivity contribution in [3.63, 3.8) is 0 Å². The normalized spacial score (nSPS) is 17.5. The predicted octanol–water partition coefficient (Wildman–Crippen LogP) is 3.69. The molecule has 0 bridgehead atoms. The second kappa shape index (κ2) is 5.50. The molecule has 0 fully saturated rings. The molecule has 1 aliphatic rings. The number of rotatable bonds is 3. The molecule has 1 atom stereocenters. The summed E-state index contributed by atoms with van der Waals surface area (Å²) in [6, 6.07) is 16.6. The van der Waals surface area contributed by atoms with Crippen LogP contribution in [0, 0.1) is 0 Å². The summed E-state index contributed by atoms with van der Waals surface area (Å²) >= 11 is 0. The average Bonchev–Trinajstić information content (AvgIpc) is 2.92. The Hall–Kier alpha value is -2.26. The van der Waals surface area contributed by atoms with Crippen LogP contribution in [-0.2, 0) is 12.8 Å². The topological polar surface area (TPSA) is 48.0 Å². The number of hydrogen-bond donors (Lipinski definition) is 3. The fourth-order valence-corrected chi connectivity index (χ4v) is 3.50. The highest BCUT2D eigenvalue weighted by atomic mass is 16.3. The molecule has 22 heavy (non-hydrogen) atoms. The minimum absolute atomic E-state index is 0.341. The zero-order valence-electron chi connectivity index (χ0n) is 12.5. The van der Waals surface area contributed by atoms with E-state index in [0.717, 1.165) is 31.3 Å². The van der Waals surface area contributed by atoms with E-state index in [9.17, 15) is 5.11 Å². The summed E-state index contributed by atoms with van der Waals surface area (Å²) in [6.07, 6.45) is 3.16. The lowest BCUT2D eigenvalue weighted by Crippen LogP contribution is -2.30. The van der Waals surface area contributed by atoms with Crippen molar-refractivity contribution in [3.8, 4) is 5.75 Å². The van der Waals surface area contributed by atoms with E-state index in [1.807, 2.05) is 12.1 Å². The van der Waals surface area contributed by atoms with E-state index in [2.05, 4.69) is 40.6 Å². The van der Waals surface area contributed by atoms with Crippen molar-refractivity contribution >= 4 is 10.9 Å². The van der Waals surface area contributed by atoms with Gasteiger partial charge in [0.1, 0.15) is 5.75 Å². The first-order chi connectivity index (χ1) is 10.8. The van der Waals surface area contributed by atoms with Crippen LogP contribution >= 0.6 is 0 Å². The van der Waals surface area contributed by atoms with Crippen LogP contribution in [0.15, 0.2) is 48.5 Å². The third kappa shape index (κ3) is 2.38. The molecule has 3 aromatic rings. The maximum atomic E-state index is 9.74. The van der Waals surface area contributed by atoms with Crippen molar-refractivity contribution in [1.82, 2.24) is 10.3 Å². The highest BCUT2D eigenvalue weighted by Crippen LogP contribution is 2.33. The van der Waals surface area contributed by atoms with Gasteiger partial charge in [-0.3, -0.25) is 0 Å². The van der Waals surface area contributed by atoms with Crippen LogP contribution in [0.25, 0.3) is 10.9 Å². The smallest absolute Gasteiger partial charge is 0.116 e. The largest absolute Gasteiger partial charge is 0.508 e. The second-order valence-corrected chi connectivity index (χ2v) is 6.03. The number of phenolic OH excluding ortho intramolecular Hbond substituents is 1. The number of H-pyrrole nitrogens is 1. The fourth-order valence-electron chi connectivity index (χ4n) is 3.50. The lowest BCUT2D eigenvalue weighted by molar-refractivity contribution is 0.468. The first kappa shape index (κ1) is 13.4. The summed E-state index contributed by atoms with van der Waals surface area (Å²) in [5.74, 6) is 0.341. The maximum Gasteiger partial charge on any atom is 0.116 e. The highest BCUT2D eigenvalue weighted by molar-refractivity contribution is 5.86. The Balaban J connectivity index is 1.63. The van der Waals surface area contributed by atoms with E-state index >= 15 is 0 Å². The number of aromatic nitrogens is 1. The monoisotopic (exact) mass is 292 g/mol. The van der Waals surface area contributed by atoms with Gasteiger partial charge in [0.25, 0.3) is 0 Å². The van der Waals surface area contributed by atoms with Crippen molar-refractivity contribution in [1.29, 1.82) is 0 Å². The molecule has 0 spiro atoms. The highest BCUT2D eigenvalue weighted by Gasteiger charge is 2.23. The van der Waals surface area contributed by atoms with Crippen molar-refractivity contribution in [3.05, 3.63) is 65.4 Å². The maximum absolute atomic E-state index is 9.74. The Kier molecular flexibility index (Phi) is 3.35. The number of benzene rings is 2. The zero-order valence-corrected chi connectivity index (χ0v) is 12.5. The SMILES string of the molecule is Oc1ccc2[nH]c3c(c2c1)CCNC3CCc1ccccc1. The zero-order chi connectivity index (χ0) is 14.9. The molecule has 3 heteroatoms. The molecule has 1 unspecified atom stereocenters. The van der Waals surface area contributed by atoms with E-state index in [4.69, 9.17) is 0 Å². The van der Waals surface area contributed by atoms with Crippen molar-refractivity contribution < 1.29 is 5.11 Å². The predicted molar refractivity (Wildman–Crippen MR) is 89.2 cm³/mol. The van der Waals surface area contributed by atoms with Crippen LogP contribution in [0.5, 0.6) is 5.75 Å². The summed E-state index contributed by atoms with van der Waals surface area (Å²) in [6.45, 7) is 0.995. The molecule has 0 aliphatic carbocycles. The van der Waals surface area contributed by atoms with Gasteiger partial charge in [0.2, 0.25) is 0 Å². The Morgan fingerprint density at radius 3 is 2.82 bits per heavy atom. The number of nitrogens with one attached hydrogen (secondary N) is 2. The van der Waals surface area contributed by atoms with Gasteiger partial charge in [0.05, 0.1) is 0 Å². The molecule has 0 saturated carbocycles. The standard InChI is InChI=1S/C19H20N2O/c22-14-7-9-17-16(12-14)15-10-11-20-18(19(15)21-17)8-6-13-4-2-1-3-5-13/h1-5,7,9,12,18,20-22H,6,8,10-11H2. The molecule has 0 amide bonds. The molecule has 112 valence electrons. The molecule has 3 nitrogen and oxygen atoms in total. The molecular weight excluding hydrogens is 272 g/mol. The van der Waals surface area contributed by atoms with E-state index < -0.39 is 0 Å². The van der Waals surface area contributed by atoms with Gasteiger partial charge in [-0.2, -0.15) is 0 Å². The van der Waals surface area contributed by atoms with Crippen LogP contribution in [0.1, 0.15) is 29.3 Å². The van der Waals surface area contributed by atoms with E-state index in [1.165, 1.54) is 22.2 Å². The van der Waals surface area contributed by atoms with Gasteiger partial charge < -0.3 is 15.4 Å². The van der Waals surface area contributed by atoms with E-state index in [0.29, 0.717) is 11.8 Å². The van der Waals surface area contributed by atoms with Gasteiger partial charge >= 0.3 is 0 Å². The summed E-state index contributed by atoms with van der Waals surface area (Å²) in [5, 5.41) is 14.5. The van der Waals surface area contributed by atoms with Crippen molar-refractivity contribution in [2.24, 2.45) is 0 Å². The quantitative estimate of drug-likeness (QED) is 0.689. The van der Waals surface area contributed by atoms with Gasteiger partial charge in [-0.05, 0) is 55.1 Å². The molecule has 1 aliphatic heterocycles. The van der Waals surface area contributed by atoms with Crippen molar-refractivity contribution in [2.45, 2.75) is 25.3 Å². The second-order valence-electron chi connectivity index (χ2n) is 6.03. The minimum Gasteiger partial charge on any atom is -0.508 e. The fraction of sp³-hybridized carbons (Fsp3) is 0.263. The molecule has 1 aromatic heterocycles. The van der Waals surface area contributed by atoms with Crippen LogP contribution in [0.4, 0.5) is 0 Å². The average molecular weight is 292 g/mol. The number of hydrogen-bond acceptors (Lipinski definition) is 2. The number of aromatic amines is 1. The molecule has 0 radical (unpaired) electrons. The Bertz CT molecular complexity index is 792. The van der Waals surface area contributed by atoms with Gasteiger partial charge in [-0.1, -0.05) is 30.3 Å². The molecule has 2 aromatic carbocycles. The third-order valence-corrected chi connectivity index (χ3v) is 4.60. The number of fused-ring (bicyclic) bond motifs is 3. The molecule has 2 heterocycles. The molecule has 4 rings (SSSR count). The Morgan fingerprint density at radius 1 is 1.09 bits per heavy atom. The van der Waals surface area contributed by atoms with Gasteiger partial charge in [-0.25, -0.2) is 0 Å². The molecule has 0 saturated heterocycles. The van der Waals surface area contributed by atoms with Crippen LogP contribution in [-0.4, -0.2) is 16.6 Å². The number of aromatic hydroxyl groups is 1. The molecule has 3 N–H and O–H groups in total. The summed E-state index contributed by atoms with van der Waals surface area (Å²) in [5.41, 5.74) is 5.16. The van der Waals surface area contributed by atoms with Gasteiger partial charge in [-0.15, -0.1) is 0 Å². The van der Waals surface area contributed by atoms with E-state index in [1.54, 1.807) is 6.07 Å². The number of aryl methyl sites for hydroxylation is 1. The summed E-state index contributed by atoms with van der Waals surface area (Å²) in [4.78, 5) is 3.56. The Labute approximate surface area is 130 Å². The summed E-state index contributed by atoms with van der Waals surface area (Å²) in [7, 11) is 0.